The molecule has 5 heteroatoms. The number of carbonyl (C=O) groups is 1. The summed E-state index contributed by atoms with van der Waals surface area (Å²) >= 11 is 0. The third kappa shape index (κ3) is 2.30. The van der Waals surface area contributed by atoms with Crippen LogP contribution in [0.2, 0.25) is 0 Å². The minimum atomic E-state index is -0.468. The summed E-state index contributed by atoms with van der Waals surface area (Å²) in [5.41, 5.74) is -0.0148. The van der Waals surface area contributed by atoms with Crippen molar-refractivity contribution in [1.29, 1.82) is 0 Å². The fraction of sp³-hybridized carbons (Fsp3) is 0.533. The quantitative estimate of drug-likeness (QED) is 0.899. The van der Waals surface area contributed by atoms with Gasteiger partial charge in [-0.05, 0) is 50.6 Å². The molecule has 0 atom stereocenters. The number of halogens is 2. The molecular weight excluding hydrogens is 262 g/mol. The predicted molar refractivity (Wildman–Crippen MR) is 70.9 cm³/mol. The van der Waals surface area contributed by atoms with E-state index in [0.717, 1.165) is 44.5 Å². The second kappa shape index (κ2) is 5.13. The van der Waals surface area contributed by atoms with Crippen LogP contribution in [0, 0.1) is 17.0 Å². The first kappa shape index (κ1) is 13.5. The summed E-state index contributed by atoms with van der Waals surface area (Å²) in [6.45, 7) is 2.51. The molecule has 1 aromatic rings. The Balaban J connectivity index is 1.76. The van der Waals surface area contributed by atoms with Crippen molar-refractivity contribution >= 4 is 5.91 Å². The summed E-state index contributed by atoms with van der Waals surface area (Å²) in [7, 11) is 0. The molecule has 3 rings (SSSR count). The third-order valence-electron chi connectivity index (χ3n) is 4.53. The maximum absolute atomic E-state index is 13.7. The Morgan fingerprint density at radius 1 is 1.20 bits per heavy atom. The van der Waals surface area contributed by atoms with Gasteiger partial charge in [-0.3, -0.25) is 4.79 Å². The van der Waals surface area contributed by atoms with E-state index in [-0.39, 0.29) is 23.4 Å². The first-order valence-electron chi connectivity index (χ1n) is 7.05. The summed E-state index contributed by atoms with van der Waals surface area (Å²) in [5, 5.41) is 3.26. The lowest BCUT2D eigenvalue weighted by molar-refractivity contribution is -0.137. The molecule has 2 fully saturated rings. The highest BCUT2D eigenvalue weighted by Crippen LogP contribution is 2.40. The van der Waals surface area contributed by atoms with Gasteiger partial charge in [0.1, 0.15) is 11.6 Å². The average molecular weight is 280 g/mol. The molecule has 2 aliphatic rings. The molecule has 0 radical (unpaired) electrons. The minimum Gasteiger partial charge on any atom is -0.338 e. The molecule has 108 valence electrons. The molecule has 1 spiro atoms. The number of carbonyl (C=O) groups excluding carboxylic acids is 1. The number of hydrogen-bond acceptors (Lipinski definition) is 2. The Morgan fingerprint density at radius 3 is 2.70 bits per heavy atom. The van der Waals surface area contributed by atoms with Crippen LogP contribution in [0.5, 0.6) is 0 Å². The van der Waals surface area contributed by atoms with Gasteiger partial charge in [0, 0.05) is 18.7 Å². The van der Waals surface area contributed by atoms with Crippen LogP contribution >= 0.6 is 0 Å². The van der Waals surface area contributed by atoms with Crippen molar-refractivity contribution in [3.8, 4) is 0 Å². The minimum absolute atomic E-state index is 0.0997. The molecule has 2 saturated heterocycles. The van der Waals surface area contributed by atoms with Gasteiger partial charge >= 0.3 is 0 Å². The first-order chi connectivity index (χ1) is 9.61. The highest BCUT2D eigenvalue weighted by Gasteiger charge is 2.46. The second-order valence-corrected chi connectivity index (χ2v) is 5.74. The molecule has 20 heavy (non-hydrogen) atoms. The van der Waals surface area contributed by atoms with E-state index >= 15 is 0 Å². The van der Waals surface area contributed by atoms with E-state index in [4.69, 9.17) is 0 Å². The lowest BCUT2D eigenvalue weighted by Crippen LogP contribution is -2.42. The molecule has 0 aromatic heterocycles. The summed E-state index contributed by atoms with van der Waals surface area (Å²) in [5.74, 6) is -0.822. The van der Waals surface area contributed by atoms with Crippen LogP contribution in [-0.4, -0.2) is 30.4 Å². The lowest BCUT2D eigenvalue weighted by Gasteiger charge is -2.32. The van der Waals surface area contributed by atoms with Crippen LogP contribution in [0.25, 0.3) is 0 Å². The molecule has 1 aromatic carbocycles. The van der Waals surface area contributed by atoms with Crippen LogP contribution in [0.4, 0.5) is 8.78 Å². The van der Waals surface area contributed by atoms with Gasteiger partial charge in [0.2, 0.25) is 5.91 Å². The molecular formula is C15H18F2N2O. The zero-order valence-corrected chi connectivity index (χ0v) is 11.3. The van der Waals surface area contributed by atoms with Crippen molar-refractivity contribution in [3.05, 3.63) is 35.4 Å². The number of nitrogens with one attached hydrogen (secondary N) is 1. The topological polar surface area (TPSA) is 32.3 Å². The number of rotatable bonds is 2. The van der Waals surface area contributed by atoms with Gasteiger partial charge in [0.25, 0.3) is 0 Å². The maximum atomic E-state index is 13.7. The van der Waals surface area contributed by atoms with E-state index in [2.05, 4.69) is 5.32 Å². The van der Waals surface area contributed by atoms with E-state index in [9.17, 15) is 13.6 Å². The summed E-state index contributed by atoms with van der Waals surface area (Å²) in [6.07, 6.45) is 2.51. The van der Waals surface area contributed by atoms with E-state index < -0.39 is 11.6 Å². The van der Waals surface area contributed by atoms with Crippen LogP contribution in [0.1, 0.15) is 24.8 Å². The smallest absolute Gasteiger partial charge is 0.229 e. The van der Waals surface area contributed by atoms with Gasteiger partial charge in [-0.1, -0.05) is 0 Å². The second-order valence-electron chi connectivity index (χ2n) is 5.74. The molecule has 0 saturated carbocycles. The Morgan fingerprint density at radius 2 is 1.95 bits per heavy atom. The zero-order chi connectivity index (χ0) is 14.2. The fourth-order valence-corrected chi connectivity index (χ4v) is 3.28. The van der Waals surface area contributed by atoms with Crippen molar-refractivity contribution in [3.63, 3.8) is 0 Å². The molecule has 0 aliphatic carbocycles. The van der Waals surface area contributed by atoms with Gasteiger partial charge in [0.05, 0.1) is 5.41 Å². The first-order valence-corrected chi connectivity index (χ1v) is 7.05. The number of benzene rings is 1. The number of nitrogens with zero attached hydrogens (tertiary/aromatic N) is 1. The van der Waals surface area contributed by atoms with Crippen molar-refractivity contribution in [1.82, 2.24) is 10.2 Å². The monoisotopic (exact) mass is 280 g/mol. The normalized spacial score (nSPS) is 21.7. The predicted octanol–water partition coefficient (Wildman–Crippen LogP) is 2.07. The Kier molecular flexibility index (Phi) is 3.46. The van der Waals surface area contributed by atoms with Gasteiger partial charge in [-0.25, -0.2) is 8.78 Å². The molecule has 1 N–H and O–H groups in total. The molecule has 1 amide bonds. The molecule has 0 bridgehead atoms. The standard InChI is InChI=1S/C15H18F2N2O/c16-12-1-2-13(17)11(9-12)10-19-8-5-15(14(19)20)3-6-18-7-4-15/h1-2,9,18H,3-8,10H2. The molecule has 2 heterocycles. The van der Waals surface area contributed by atoms with Crippen LogP contribution in [-0.2, 0) is 11.3 Å². The number of piperidine rings is 1. The number of hydrogen-bond donors (Lipinski definition) is 1. The highest BCUT2D eigenvalue weighted by atomic mass is 19.1. The SMILES string of the molecule is O=C1N(Cc2cc(F)ccc2F)CCC12CCNCC2. The molecule has 2 aliphatic heterocycles. The molecule has 0 unspecified atom stereocenters. The lowest BCUT2D eigenvalue weighted by atomic mass is 9.78. The van der Waals surface area contributed by atoms with E-state index in [0.29, 0.717) is 6.54 Å². The maximum Gasteiger partial charge on any atom is 0.229 e. The average Bonchev–Trinajstić information content (AvgIpc) is 2.73. The number of amides is 1. The van der Waals surface area contributed by atoms with Crippen molar-refractivity contribution < 1.29 is 13.6 Å². The Labute approximate surface area is 117 Å². The largest absolute Gasteiger partial charge is 0.338 e. The zero-order valence-electron chi connectivity index (χ0n) is 11.3. The van der Waals surface area contributed by atoms with Gasteiger partial charge in [-0.15, -0.1) is 0 Å². The number of likely N-dealkylation sites (tertiary alicyclic amines) is 1. The summed E-state index contributed by atoms with van der Waals surface area (Å²) < 4.78 is 26.9. The van der Waals surface area contributed by atoms with Gasteiger partial charge in [0.15, 0.2) is 0 Å². The van der Waals surface area contributed by atoms with Crippen molar-refractivity contribution in [2.45, 2.75) is 25.8 Å². The molecule has 3 nitrogen and oxygen atoms in total. The van der Waals surface area contributed by atoms with Gasteiger partial charge in [-0.2, -0.15) is 0 Å². The highest BCUT2D eigenvalue weighted by molar-refractivity contribution is 5.85. The summed E-state index contributed by atoms with van der Waals surface area (Å²) in [4.78, 5) is 14.2. The van der Waals surface area contributed by atoms with Crippen LogP contribution in [0.3, 0.4) is 0 Å². The van der Waals surface area contributed by atoms with Crippen LogP contribution in [0.15, 0.2) is 18.2 Å². The van der Waals surface area contributed by atoms with E-state index in [1.807, 2.05) is 0 Å². The Hall–Kier alpha value is -1.49. The van der Waals surface area contributed by atoms with Crippen LogP contribution < -0.4 is 5.32 Å². The van der Waals surface area contributed by atoms with Gasteiger partial charge < -0.3 is 10.2 Å². The van der Waals surface area contributed by atoms with E-state index in [1.165, 1.54) is 6.07 Å². The van der Waals surface area contributed by atoms with Crippen molar-refractivity contribution in [2.24, 2.45) is 5.41 Å². The van der Waals surface area contributed by atoms with Crippen molar-refractivity contribution in [2.75, 3.05) is 19.6 Å². The van der Waals surface area contributed by atoms with E-state index in [1.54, 1.807) is 4.90 Å². The summed E-state index contributed by atoms with van der Waals surface area (Å²) in [6, 6.07) is 3.39. The Bertz CT molecular complexity index is 527. The fourth-order valence-electron chi connectivity index (χ4n) is 3.28. The third-order valence-corrected chi connectivity index (χ3v) is 4.53.